The van der Waals surface area contributed by atoms with E-state index in [9.17, 15) is 4.79 Å². The second-order valence-electron chi connectivity index (χ2n) is 7.09. The van der Waals surface area contributed by atoms with E-state index in [0.717, 1.165) is 31.7 Å². The van der Waals surface area contributed by atoms with Crippen LogP contribution in [0.3, 0.4) is 0 Å². The van der Waals surface area contributed by atoms with Gasteiger partial charge in [0.05, 0.1) is 0 Å². The molecule has 19 heavy (non-hydrogen) atoms. The average Bonchev–Trinajstić information content (AvgIpc) is 2.82. The topological polar surface area (TPSA) is 46.3 Å². The summed E-state index contributed by atoms with van der Waals surface area (Å²) in [5.41, 5.74) is 6.02. The van der Waals surface area contributed by atoms with Crippen LogP contribution in [-0.4, -0.2) is 29.4 Å². The molecule has 1 heterocycles. The molecule has 2 saturated carbocycles. The molecule has 3 aliphatic rings. The Kier molecular flexibility index (Phi) is 3.84. The van der Waals surface area contributed by atoms with Crippen molar-refractivity contribution < 1.29 is 4.79 Å². The van der Waals surface area contributed by atoms with Gasteiger partial charge in [-0.25, -0.2) is 0 Å². The Balaban J connectivity index is 1.66. The monoisotopic (exact) mass is 264 g/mol. The van der Waals surface area contributed by atoms with Crippen molar-refractivity contribution in [2.24, 2.45) is 23.5 Å². The Labute approximate surface area is 116 Å². The van der Waals surface area contributed by atoms with E-state index in [2.05, 4.69) is 11.8 Å². The van der Waals surface area contributed by atoms with Crippen LogP contribution < -0.4 is 5.73 Å². The molecule has 1 saturated heterocycles. The van der Waals surface area contributed by atoms with E-state index < -0.39 is 0 Å². The normalized spacial score (nSPS) is 43.1. The van der Waals surface area contributed by atoms with E-state index in [1.165, 1.54) is 32.1 Å². The van der Waals surface area contributed by atoms with Gasteiger partial charge in [-0.05, 0) is 50.4 Å². The van der Waals surface area contributed by atoms with E-state index >= 15 is 0 Å². The van der Waals surface area contributed by atoms with Crippen molar-refractivity contribution in [3.63, 3.8) is 0 Å². The first-order valence-corrected chi connectivity index (χ1v) is 8.23. The Morgan fingerprint density at radius 2 is 1.89 bits per heavy atom. The van der Waals surface area contributed by atoms with Gasteiger partial charge in [0.25, 0.3) is 0 Å². The predicted octanol–water partition coefficient (Wildman–Crippen LogP) is 2.54. The molecular formula is C16H28N2O. The maximum atomic E-state index is 12.9. The first-order chi connectivity index (χ1) is 9.16. The number of carbonyl (C=O) groups excluding carboxylic acids is 1. The van der Waals surface area contributed by atoms with E-state index in [4.69, 9.17) is 5.73 Å². The van der Waals surface area contributed by atoms with E-state index in [1.807, 2.05) is 0 Å². The average molecular weight is 264 g/mol. The summed E-state index contributed by atoms with van der Waals surface area (Å²) in [5.74, 6) is 1.98. The Hall–Kier alpha value is -0.570. The van der Waals surface area contributed by atoms with E-state index in [1.54, 1.807) is 0 Å². The largest absolute Gasteiger partial charge is 0.339 e. The third-order valence-corrected chi connectivity index (χ3v) is 5.82. The molecule has 0 spiro atoms. The summed E-state index contributed by atoms with van der Waals surface area (Å²) in [6.07, 6.45) is 9.59. The SMILES string of the molecule is CC1CC(N)CCC1C(=O)N1CCC2CCCCC21. The molecule has 0 aromatic rings. The molecule has 0 aromatic heterocycles. The van der Waals surface area contributed by atoms with Crippen LogP contribution >= 0.6 is 0 Å². The number of nitrogens with two attached hydrogens (primary N) is 1. The number of carbonyl (C=O) groups is 1. The fourth-order valence-corrected chi connectivity index (χ4v) is 4.70. The lowest BCUT2D eigenvalue weighted by atomic mass is 9.77. The van der Waals surface area contributed by atoms with Crippen LogP contribution in [-0.2, 0) is 4.79 Å². The maximum Gasteiger partial charge on any atom is 0.226 e. The zero-order valence-corrected chi connectivity index (χ0v) is 12.2. The molecular weight excluding hydrogens is 236 g/mol. The number of hydrogen-bond donors (Lipinski definition) is 1. The highest BCUT2D eigenvalue weighted by molar-refractivity contribution is 5.80. The highest BCUT2D eigenvalue weighted by Crippen LogP contribution is 2.39. The zero-order valence-electron chi connectivity index (χ0n) is 12.2. The Bertz CT molecular complexity index is 344. The lowest BCUT2D eigenvalue weighted by Gasteiger charge is -2.38. The molecule has 108 valence electrons. The molecule has 2 aliphatic carbocycles. The molecule has 0 aromatic carbocycles. The highest BCUT2D eigenvalue weighted by Gasteiger charge is 2.42. The van der Waals surface area contributed by atoms with Crippen molar-refractivity contribution >= 4 is 5.91 Å². The summed E-state index contributed by atoms with van der Waals surface area (Å²) >= 11 is 0. The lowest BCUT2D eigenvalue weighted by molar-refractivity contribution is -0.140. The third-order valence-electron chi connectivity index (χ3n) is 5.82. The van der Waals surface area contributed by atoms with Gasteiger partial charge in [0.15, 0.2) is 0 Å². The molecule has 1 aliphatic heterocycles. The molecule has 3 nitrogen and oxygen atoms in total. The molecule has 5 atom stereocenters. The van der Waals surface area contributed by atoms with Crippen molar-refractivity contribution in [2.45, 2.75) is 70.4 Å². The van der Waals surface area contributed by atoms with Crippen LogP contribution in [0.4, 0.5) is 0 Å². The van der Waals surface area contributed by atoms with Crippen LogP contribution in [0.5, 0.6) is 0 Å². The second-order valence-corrected chi connectivity index (χ2v) is 7.09. The zero-order chi connectivity index (χ0) is 13.4. The van der Waals surface area contributed by atoms with Crippen molar-refractivity contribution in [1.29, 1.82) is 0 Å². The summed E-state index contributed by atoms with van der Waals surface area (Å²) in [6, 6.07) is 0.893. The van der Waals surface area contributed by atoms with Crippen LogP contribution in [0.2, 0.25) is 0 Å². The Morgan fingerprint density at radius 3 is 2.68 bits per heavy atom. The molecule has 3 heteroatoms. The van der Waals surface area contributed by atoms with Crippen LogP contribution in [0.15, 0.2) is 0 Å². The number of amides is 1. The fourth-order valence-electron chi connectivity index (χ4n) is 4.70. The smallest absolute Gasteiger partial charge is 0.226 e. The first kappa shape index (κ1) is 13.4. The maximum absolute atomic E-state index is 12.9. The van der Waals surface area contributed by atoms with Gasteiger partial charge in [0.2, 0.25) is 5.91 Å². The molecule has 2 N–H and O–H groups in total. The molecule has 1 amide bonds. The fraction of sp³-hybridized carbons (Fsp3) is 0.938. The first-order valence-electron chi connectivity index (χ1n) is 8.23. The molecule has 3 rings (SSSR count). The minimum absolute atomic E-state index is 0.250. The van der Waals surface area contributed by atoms with Crippen LogP contribution in [0, 0.1) is 17.8 Å². The number of nitrogens with zero attached hydrogens (tertiary/aromatic N) is 1. The number of hydrogen-bond acceptors (Lipinski definition) is 2. The number of fused-ring (bicyclic) bond motifs is 1. The van der Waals surface area contributed by atoms with Crippen LogP contribution in [0.25, 0.3) is 0 Å². The van der Waals surface area contributed by atoms with Gasteiger partial charge in [-0.3, -0.25) is 4.79 Å². The minimum Gasteiger partial charge on any atom is -0.339 e. The predicted molar refractivity (Wildman–Crippen MR) is 76.6 cm³/mol. The molecule has 3 fully saturated rings. The van der Waals surface area contributed by atoms with Gasteiger partial charge in [0.1, 0.15) is 0 Å². The second kappa shape index (κ2) is 5.43. The molecule has 5 unspecified atom stereocenters. The Morgan fingerprint density at radius 1 is 1.11 bits per heavy atom. The molecule has 0 bridgehead atoms. The van der Waals surface area contributed by atoms with Crippen molar-refractivity contribution in [3.05, 3.63) is 0 Å². The van der Waals surface area contributed by atoms with Crippen molar-refractivity contribution in [1.82, 2.24) is 4.90 Å². The van der Waals surface area contributed by atoms with Gasteiger partial charge >= 0.3 is 0 Å². The van der Waals surface area contributed by atoms with Gasteiger partial charge in [-0.1, -0.05) is 19.8 Å². The summed E-state index contributed by atoms with van der Waals surface area (Å²) in [4.78, 5) is 15.1. The quantitative estimate of drug-likeness (QED) is 0.791. The van der Waals surface area contributed by atoms with Gasteiger partial charge in [-0.15, -0.1) is 0 Å². The van der Waals surface area contributed by atoms with Crippen molar-refractivity contribution in [2.75, 3.05) is 6.54 Å². The standard InChI is InChI=1S/C16H28N2O/c1-11-10-13(17)6-7-14(11)16(19)18-9-8-12-4-2-3-5-15(12)18/h11-15H,2-10,17H2,1H3. The summed E-state index contributed by atoms with van der Waals surface area (Å²) in [7, 11) is 0. The van der Waals surface area contributed by atoms with E-state index in [-0.39, 0.29) is 5.92 Å². The number of rotatable bonds is 1. The summed E-state index contributed by atoms with van der Waals surface area (Å²) in [6.45, 7) is 3.24. The van der Waals surface area contributed by atoms with Gasteiger partial charge < -0.3 is 10.6 Å². The summed E-state index contributed by atoms with van der Waals surface area (Å²) in [5, 5.41) is 0. The van der Waals surface area contributed by atoms with Gasteiger partial charge in [0, 0.05) is 24.5 Å². The molecule has 0 radical (unpaired) electrons. The van der Waals surface area contributed by atoms with Crippen molar-refractivity contribution in [3.8, 4) is 0 Å². The number of likely N-dealkylation sites (tertiary alicyclic amines) is 1. The summed E-state index contributed by atoms with van der Waals surface area (Å²) < 4.78 is 0. The van der Waals surface area contributed by atoms with E-state index in [0.29, 0.717) is 23.9 Å². The van der Waals surface area contributed by atoms with Gasteiger partial charge in [-0.2, -0.15) is 0 Å². The highest BCUT2D eigenvalue weighted by atomic mass is 16.2. The third kappa shape index (κ3) is 2.54. The lowest BCUT2D eigenvalue weighted by Crippen LogP contribution is -2.46. The minimum atomic E-state index is 0.250. The van der Waals surface area contributed by atoms with Crippen LogP contribution in [0.1, 0.15) is 58.3 Å².